The van der Waals surface area contributed by atoms with E-state index in [4.69, 9.17) is 23.2 Å². The van der Waals surface area contributed by atoms with Crippen molar-refractivity contribution in [3.8, 4) is 0 Å². The lowest BCUT2D eigenvalue weighted by Gasteiger charge is -2.19. The van der Waals surface area contributed by atoms with Crippen molar-refractivity contribution >= 4 is 34.8 Å². The molecular formula is C18H21Cl2N2O+. The number of quaternary nitrogens is 1. The number of benzene rings is 2. The van der Waals surface area contributed by atoms with Gasteiger partial charge in [-0.15, -0.1) is 0 Å². The van der Waals surface area contributed by atoms with Crippen LogP contribution in [0.2, 0.25) is 10.0 Å². The first-order valence-corrected chi connectivity index (χ1v) is 8.36. The normalized spacial score (nSPS) is 12.2. The molecule has 0 heterocycles. The van der Waals surface area contributed by atoms with Gasteiger partial charge in [0.25, 0.3) is 5.91 Å². The van der Waals surface area contributed by atoms with Gasteiger partial charge >= 0.3 is 0 Å². The number of hydrogen-bond donors (Lipinski definition) is 2. The van der Waals surface area contributed by atoms with Gasteiger partial charge in [0.15, 0.2) is 6.54 Å². The Bertz CT molecular complexity index is 659. The highest BCUT2D eigenvalue weighted by atomic mass is 35.5. The Kier molecular flexibility index (Phi) is 6.46. The van der Waals surface area contributed by atoms with Crippen LogP contribution >= 0.6 is 23.2 Å². The second-order valence-corrected chi connectivity index (χ2v) is 6.64. The quantitative estimate of drug-likeness (QED) is 0.814. The summed E-state index contributed by atoms with van der Waals surface area (Å²) in [5.41, 5.74) is 1.76. The Morgan fingerprint density at radius 3 is 2.48 bits per heavy atom. The molecule has 2 rings (SSSR count). The number of anilines is 1. The van der Waals surface area contributed by atoms with E-state index < -0.39 is 0 Å². The van der Waals surface area contributed by atoms with E-state index in [-0.39, 0.29) is 11.9 Å². The fraction of sp³-hybridized carbons (Fsp3) is 0.278. The number of halogens is 2. The van der Waals surface area contributed by atoms with E-state index in [1.165, 1.54) is 5.56 Å². The van der Waals surface area contributed by atoms with E-state index in [9.17, 15) is 4.79 Å². The Labute approximate surface area is 147 Å². The van der Waals surface area contributed by atoms with Gasteiger partial charge in [-0.05, 0) is 18.2 Å². The molecule has 3 N–H and O–H groups in total. The maximum absolute atomic E-state index is 12.2. The molecule has 23 heavy (non-hydrogen) atoms. The zero-order valence-electron chi connectivity index (χ0n) is 13.2. The lowest BCUT2D eigenvalue weighted by Crippen LogP contribution is -2.88. The molecule has 1 amide bonds. The molecule has 0 bridgehead atoms. The molecule has 0 aliphatic carbocycles. The van der Waals surface area contributed by atoms with E-state index >= 15 is 0 Å². The highest BCUT2D eigenvalue weighted by Crippen LogP contribution is 2.25. The Morgan fingerprint density at radius 2 is 1.83 bits per heavy atom. The predicted molar refractivity (Wildman–Crippen MR) is 95.9 cm³/mol. The summed E-state index contributed by atoms with van der Waals surface area (Å²) in [6, 6.07) is 15.5. The molecule has 0 saturated carbocycles. The third-order valence-corrected chi connectivity index (χ3v) is 4.23. The van der Waals surface area contributed by atoms with Crippen molar-refractivity contribution in [3.05, 3.63) is 64.1 Å². The predicted octanol–water partition coefficient (Wildman–Crippen LogP) is 3.89. The largest absolute Gasteiger partial charge is 0.332 e. The van der Waals surface area contributed by atoms with Crippen LogP contribution in [0, 0.1) is 5.92 Å². The molecule has 0 aromatic heterocycles. The first-order chi connectivity index (χ1) is 11.0. The molecule has 0 unspecified atom stereocenters. The average molecular weight is 352 g/mol. The van der Waals surface area contributed by atoms with Crippen LogP contribution in [0.15, 0.2) is 48.5 Å². The van der Waals surface area contributed by atoms with Crippen LogP contribution in [-0.2, 0) is 4.79 Å². The van der Waals surface area contributed by atoms with Crippen LogP contribution < -0.4 is 10.6 Å². The van der Waals surface area contributed by atoms with Crippen molar-refractivity contribution in [1.82, 2.24) is 0 Å². The Balaban J connectivity index is 1.98. The van der Waals surface area contributed by atoms with Crippen LogP contribution in [0.5, 0.6) is 0 Å². The van der Waals surface area contributed by atoms with Crippen molar-refractivity contribution < 1.29 is 10.1 Å². The molecule has 3 nitrogen and oxygen atoms in total. The Hall–Kier alpha value is -1.55. The van der Waals surface area contributed by atoms with Crippen molar-refractivity contribution in [2.45, 2.75) is 19.9 Å². The van der Waals surface area contributed by atoms with Crippen molar-refractivity contribution in [1.29, 1.82) is 0 Å². The fourth-order valence-corrected chi connectivity index (χ4v) is 2.83. The molecule has 0 spiro atoms. The number of carbonyl (C=O) groups excluding carboxylic acids is 1. The second-order valence-electron chi connectivity index (χ2n) is 5.79. The fourth-order valence-electron chi connectivity index (χ4n) is 2.50. The van der Waals surface area contributed by atoms with Gasteiger partial charge in [0, 0.05) is 16.5 Å². The topological polar surface area (TPSA) is 45.7 Å². The van der Waals surface area contributed by atoms with Crippen molar-refractivity contribution in [2.24, 2.45) is 5.92 Å². The molecule has 2 aromatic rings. The number of rotatable bonds is 6. The summed E-state index contributed by atoms with van der Waals surface area (Å²) in [5.74, 6) is 0.315. The minimum Gasteiger partial charge on any atom is -0.332 e. The van der Waals surface area contributed by atoms with Crippen LogP contribution in [0.4, 0.5) is 5.69 Å². The zero-order chi connectivity index (χ0) is 16.8. The molecule has 0 saturated heterocycles. The highest BCUT2D eigenvalue weighted by molar-refractivity contribution is 6.35. The van der Waals surface area contributed by atoms with Gasteiger partial charge in [-0.1, -0.05) is 67.4 Å². The van der Waals surface area contributed by atoms with Gasteiger partial charge in [0.1, 0.15) is 6.04 Å². The summed E-state index contributed by atoms with van der Waals surface area (Å²) in [6.45, 7) is 4.63. The zero-order valence-corrected chi connectivity index (χ0v) is 14.7. The van der Waals surface area contributed by atoms with Gasteiger partial charge in [-0.25, -0.2) is 0 Å². The van der Waals surface area contributed by atoms with E-state index in [0.717, 1.165) is 0 Å². The first-order valence-electron chi connectivity index (χ1n) is 7.60. The van der Waals surface area contributed by atoms with E-state index in [2.05, 4.69) is 31.3 Å². The first kappa shape index (κ1) is 17.8. The smallest absolute Gasteiger partial charge is 0.279 e. The molecule has 122 valence electrons. The molecular weight excluding hydrogens is 331 g/mol. The van der Waals surface area contributed by atoms with Gasteiger partial charge < -0.3 is 10.6 Å². The number of amides is 1. The minimum atomic E-state index is -0.101. The molecule has 0 aliphatic rings. The third-order valence-electron chi connectivity index (χ3n) is 3.66. The highest BCUT2D eigenvalue weighted by Gasteiger charge is 2.20. The van der Waals surface area contributed by atoms with Gasteiger partial charge in [-0.2, -0.15) is 0 Å². The van der Waals surface area contributed by atoms with Crippen LogP contribution in [0.25, 0.3) is 0 Å². The maximum atomic E-state index is 12.2. The van der Waals surface area contributed by atoms with Gasteiger partial charge in [-0.3, -0.25) is 4.79 Å². The lowest BCUT2D eigenvalue weighted by atomic mass is 9.96. The summed E-state index contributed by atoms with van der Waals surface area (Å²) in [4.78, 5) is 12.2. The minimum absolute atomic E-state index is 0.101. The van der Waals surface area contributed by atoms with Crippen LogP contribution in [-0.4, -0.2) is 12.5 Å². The number of hydrogen-bond acceptors (Lipinski definition) is 1. The summed E-state index contributed by atoms with van der Waals surface area (Å²) in [6.07, 6.45) is 0. The Morgan fingerprint density at radius 1 is 1.13 bits per heavy atom. The molecule has 5 heteroatoms. The lowest BCUT2D eigenvalue weighted by molar-refractivity contribution is -0.692. The van der Waals surface area contributed by atoms with E-state index in [1.54, 1.807) is 18.2 Å². The van der Waals surface area contributed by atoms with Crippen LogP contribution in [0.3, 0.4) is 0 Å². The van der Waals surface area contributed by atoms with Gasteiger partial charge in [0.05, 0.1) is 10.7 Å². The van der Waals surface area contributed by atoms with Crippen LogP contribution in [0.1, 0.15) is 25.5 Å². The number of carbonyl (C=O) groups is 1. The average Bonchev–Trinajstić information content (AvgIpc) is 2.52. The molecule has 2 aromatic carbocycles. The molecule has 0 radical (unpaired) electrons. The monoisotopic (exact) mass is 351 g/mol. The number of nitrogens with two attached hydrogens (primary N) is 1. The standard InChI is InChI=1S/C18H20Cl2N2O/c1-12(2)18(13-6-4-3-5-7-13)21-11-17(23)22-16-10-14(19)8-9-15(16)20/h3-10,12,18,21H,11H2,1-2H3,(H,22,23)/p+1/t18-/m0/s1. The van der Waals surface area contributed by atoms with Gasteiger partial charge in [0.2, 0.25) is 0 Å². The molecule has 0 aliphatic heterocycles. The maximum Gasteiger partial charge on any atom is 0.279 e. The summed E-state index contributed by atoms with van der Waals surface area (Å²) in [7, 11) is 0. The molecule has 0 fully saturated rings. The second kappa shape index (κ2) is 8.34. The SMILES string of the molecule is CC(C)[C@H]([NH2+]CC(=O)Nc1cc(Cl)ccc1Cl)c1ccccc1. The summed E-state index contributed by atoms with van der Waals surface area (Å²) in [5, 5.41) is 5.88. The van der Waals surface area contributed by atoms with E-state index in [1.807, 2.05) is 23.5 Å². The van der Waals surface area contributed by atoms with Crippen molar-refractivity contribution in [3.63, 3.8) is 0 Å². The third kappa shape index (κ3) is 5.24. The van der Waals surface area contributed by atoms with E-state index in [0.29, 0.717) is 28.2 Å². The summed E-state index contributed by atoms with van der Waals surface area (Å²) < 4.78 is 0. The summed E-state index contributed by atoms with van der Waals surface area (Å²) >= 11 is 12.0. The van der Waals surface area contributed by atoms with Crippen molar-refractivity contribution in [2.75, 3.05) is 11.9 Å². The number of nitrogens with one attached hydrogen (secondary N) is 1. The molecule has 1 atom stereocenters.